The summed E-state index contributed by atoms with van der Waals surface area (Å²) in [5.41, 5.74) is 0. The Labute approximate surface area is 62.6 Å². The van der Waals surface area contributed by atoms with Crippen LogP contribution in [0.15, 0.2) is 0 Å². The highest BCUT2D eigenvalue weighted by atomic mass is 16.9. The van der Waals surface area contributed by atoms with Gasteiger partial charge in [0, 0.05) is 0 Å². The summed E-state index contributed by atoms with van der Waals surface area (Å²) in [5, 5.41) is 32.2. The SMILES string of the molecule is N#CC[NH2+]CC#N.O=[N+]([O-])[O-]. The molecule has 0 aromatic rings. The first-order valence-electron chi connectivity index (χ1n) is 2.52. The first kappa shape index (κ1) is 11.9. The van der Waals surface area contributed by atoms with Crippen molar-refractivity contribution < 1.29 is 10.4 Å². The molecule has 11 heavy (non-hydrogen) atoms. The van der Waals surface area contributed by atoms with Gasteiger partial charge in [0.2, 0.25) is 0 Å². The van der Waals surface area contributed by atoms with Crippen molar-refractivity contribution in [3.8, 4) is 12.1 Å². The molecule has 7 heteroatoms. The first-order chi connectivity index (χ1) is 5.15. The summed E-state index contributed by atoms with van der Waals surface area (Å²) in [6.45, 7) is 0.765. The maximum atomic E-state index is 8.25. The van der Waals surface area contributed by atoms with E-state index >= 15 is 0 Å². The van der Waals surface area contributed by atoms with Crippen LogP contribution in [0.25, 0.3) is 0 Å². The van der Waals surface area contributed by atoms with Gasteiger partial charge < -0.3 is 20.6 Å². The zero-order valence-corrected chi connectivity index (χ0v) is 5.56. The Hall–Kier alpha value is -1.86. The molecule has 0 amide bonds. The molecular weight excluding hydrogens is 152 g/mol. The molecule has 0 rings (SSSR count). The van der Waals surface area contributed by atoms with Crippen molar-refractivity contribution in [3.63, 3.8) is 0 Å². The molecule has 0 heterocycles. The van der Waals surface area contributed by atoms with Gasteiger partial charge in [0.05, 0.1) is 5.09 Å². The zero-order chi connectivity index (χ0) is 9.11. The minimum Gasteiger partial charge on any atom is -0.356 e. The predicted molar refractivity (Wildman–Crippen MR) is 33.2 cm³/mol. The van der Waals surface area contributed by atoms with Crippen LogP contribution >= 0.6 is 0 Å². The van der Waals surface area contributed by atoms with Crippen LogP contribution in [-0.2, 0) is 0 Å². The van der Waals surface area contributed by atoms with Crippen LogP contribution in [0.1, 0.15) is 0 Å². The number of hydrogen-bond donors (Lipinski definition) is 1. The summed E-state index contributed by atoms with van der Waals surface area (Å²) >= 11 is 0. The smallest absolute Gasteiger partial charge is 0.164 e. The largest absolute Gasteiger partial charge is 0.356 e. The van der Waals surface area contributed by atoms with Crippen molar-refractivity contribution in [1.29, 1.82) is 10.5 Å². The molecule has 0 saturated carbocycles. The summed E-state index contributed by atoms with van der Waals surface area (Å²) in [5.74, 6) is 0. The number of nitrogens with zero attached hydrogens (tertiary/aromatic N) is 3. The lowest BCUT2D eigenvalue weighted by Crippen LogP contribution is -2.83. The average Bonchev–Trinajstić information content (AvgIpc) is 1.88. The van der Waals surface area contributed by atoms with Gasteiger partial charge in [-0.2, -0.15) is 10.5 Å². The second kappa shape index (κ2) is 11.0. The van der Waals surface area contributed by atoms with Crippen molar-refractivity contribution in [2.24, 2.45) is 0 Å². The molecule has 0 radical (unpaired) electrons. The van der Waals surface area contributed by atoms with Crippen LogP contribution in [0.2, 0.25) is 0 Å². The quantitative estimate of drug-likeness (QED) is 0.223. The molecule has 7 nitrogen and oxygen atoms in total. The van der Waals surface area contributed by atoms with E-state index in [1.807, 2.05) is 12.1 Å². The highest BCUT2D eigenvalue weighted by Crippen LogP contribution is 1.44. The van der Waals surface area contributed by atoms with E-state index in [1.54, 1.807) is 5.32 Å². The monoisotopic (exact) mass is 158 g/mol. The van der Waals surface area contributed by atoms with Crippen molar-refractivity contribution >= 4 is 0 Å². The van der Waals surface area contributed by atoms with Gasteiger partial charge >= 0.3 is 0 Å². The van der Waals surface area contributed by atoms with E-state index in [0.29, 0.717) is 13.1 Å². The first-order valence-corrected chi connectivity index (χ1v) is 2.52. The molecule has 0 aromatic carbocycles. The van der Waals surface area contributed by atoms with Gasteiger partial charge in [0.25, 0.3) is 0 Å². The Morgan fingerprint density at radius 3 is 1.73 bits per heavy atom. The highest BCUT2D eigenvalue weighted by molar-refractivity contribution is 4.67. The normalized spacial score (nSPS) is 6.36. The molecule has 0 fully saturated rings. The number of rotatable bonds is 2. The van der Waals surface area contributed by atoms with Crippen molar-refractivity contribution in [3.05, 3.63) is 15.3 Å². The molecule has 0 spiro atoms. The predicted octanol–water partition coefficient (Wildman–Crippen LogP) is -1.64. The molecule has 60 valence electrons. The molecule has 0 saturated heterocycles. The Kier molecular flexibility index (Phi) is 11.9. The van der Waals surface area contributed by atoms with Gasteiger partial charge in [-0.05, 0) is 0 Å². The van der Waals surface area contributed by atoms with Crippen LogP contribution in [0.3, 0.4) is 0 Å². The Balaban J connectivity index is 0. The summed E-state index contributed by atoms with van der Waals surface area (Å²) in [6, 6.07) is 3.79. The number of quaternary nitrogens is 1. The van der Waals surface area contributed by atoms with Crippen molar-refractivity contribution in [1.82, 2.24) is 0 Å². The van der Waals surface area contributed by atoms with Crippen LogP contribution in [-0.4, -0.2) is 18.2 Å². The van der Waals surface area contributed by atoms with Crippen LogP contribution in [0.5, 0.6) is 0 Å². The Morgan fingerprint density at radius 1 is 1.27 bits per heavy atom. The van der Waals surface area contributed by atoms with Crippen molar-refractivity contribution in [2.75, 3.05) is 13.1 Å². The van der Waals surface area contributed by atoms with Gasteiger partial charge in [-0.15, -0.1) is 0 Å². The molecule has 0 atom stereocenters. The fourth-order valence-electron chi connectivity index (χ4n) is 0.201. The molecule has 0 aliphatic rings. The second-order valence-corrected chi connectivity index (χ2v) is 1.24. The van der Waals surface area contributed by atoms with Gasteiger partial charge in [-0.25, -0.2) is 0 Å². The average molecular weight is 158 g/mol. The third-order valence-electron chi connectivity index (χ3n) is 0.471. The van der Waals surface area contributed by atoms with Crippen LogP contribution in [0.4, 0.5) is 0 Å². The highest BCUT2D eigenvalue weighted by Gasteiger charge is 1.79. The third kappa shape index (κ3) is 67.0. The van der Waals surface area contributed by atoms with Crippen molar-refractivity contribution in [2.45, 2.75) is 0 Å². The van der Waals surface area contributed by atoms with E-state index in [9.17, 15) is 0 Å². The van der Waals surface area contributed by atoms with Crippen LogP contribution < -0.4 is 5.32 Å². The Morgan fingerprint density at radius 2 is 1.55 bits per heavy atom. The minimum absolute atomic E-state index is 0.383. The number of nitrogens with two attached hydrogens (primary N) is 1. The molecule has 0 bridgehead atoms. The molecule has 0 aromatic heterocycles. The summed E-state index contributed by atoms with van der Waals surface area (Å²) < 4.78 is 0. The van der Waals surface area contributed by atoms with Gasteiger partial charge in [0.15, 0.2) is 13.1 Å². The lowest BCUT2D eigenvalue weighted by atomic mass is 10.6. The summed E-state index contributed by atoms with van der Waals surface area (Å²) in [6.07, 6.45) is 0. The fraction of sp³-hybridized carbons (Fsp3) is 0.500. The van der Waals surface area contributed by atoms with E-state index in [1.165, 1.54) is 0 Å². The molecule has 0 aliphatic heterocycles. The van der Waals surface area contributed by atoms with Gasteiger partial charge in [-0.1, -0.05) is 0 Å². The van der Waals surface area contributed by atoms with Gasteiger partial charge in [-0.3, -0.25) is 0 Å². The standard InChI is InChI=1S/C4H5N3.NO3/c5-1-3-7-4-2-6;2-1(3)4/h7H,3-4H2;/q;-1/p+1. The Bertz CT molecular complexity index is 161. The van der Waals surface area contributed by atoms with E-state index in [2.05, 4.69) is 0 Å². The maximum Gasteiger partial charge on any atom is 0.164 e. The van der Waals surface area contributed by atoms with E-state index < -0.39 is 5.09 Å². The van der Waals surface area contributed by atoms with Gasteiger partial charge in [0.1, 0.15) is 12.1 Å². The summed E-state index contributed by atoms with van der Waals surface area (Å²) in [7, 11) is 0. The third-order valence-corrected chi connectivity index (χ3v) is 0.471. The van der Waals surface area contributed by atoms with E-state index in [-0.39, 0.29) is 0 Å². The molecular formula is C4H6N4O3. The topological polar surface area (TPSA) is 130 Å². The zero-order valence-electron chi connectivity index (χ0n) is 5.56. The second-order valence-electron chi connectivity index (χ2n) is 1.24. The van der Waals surface area contributed by atoms with E-state index in [4.69, 9.17) is 25.8 Å². The fourth-order valence-corrected chi connectivity index (χ4v) is 0.201. The lowest BCUT2D eigenvalue weighted by Gasteiger charge is -1.79. The summed E-state index contributed by atoms with van der Waals surface area (Å²) in [4.78, 5) is 8.25. The van der Waals surface area contributed by atoms with E-state index in [0.717, 1.165) is 0 Å². The number of nitriles is 2. The molecule has 2 N–H and O–H groups in total. The molecule has 0 unspecified atom stereocenters. The maximum absolute atomic E-state index is 8.25. The minimum atomic E-state index is -1.75. The number of hydrogen-bond acceptors (Lipinski definition) is 5. The lowest BCUT2D eigenvalue weighted by molar-refractivity contribution is -0.633. The molecule has 0 aliphatic carbocycles. The van der Waals surface area contributed by atoms with Crippen LogP contribution in [0, 0.1) is 38.0 Å².